The molecular weight excluding hydrogens is 1150 g/mol. The normalized spacial score (nSPS) is 21.8. The molecule has 1 unspecified atom stereocenters. The zero-order chi connectivity index (χ0) is 67.6. The molecule has 0 radical (unpaired) electrons. The Balaban J connectivity index is 0.000000299. The fraction of sp³-hybridized carbons (Fsp3) is 0.722. The highest BCUT2D eigenvalue weighted by atomic mass is 19.1. The van der Waals surface area contributed by atoms with Crippen LogP contribution < -0.4 is 16.0 Å². The standard InChI is InChI=1S/C27H43N3O2.C27H44N2O2.C25H39FN2O.3H2/c1-19(2)24(28-20(3)31)25(32)29-23-11-12-27(22-10-8-7-9-21(22)23)14-17-30(18-15-27)16-13-26(4,5)6;1-25(2,3)14-17-29-18-15-27(16-19-29)13-11-23(21-9-7-8-10-22(21)27)28-24(30)12-20-31-26(4,5)6;1-18(2)28(19(3)29)23-9-10-25(22-17-20(26)7-8-21(22)23)12-15-27(16-13-25)14-11-24(4,5)6;;;/h7-10,19,23-24H,11-18H2,1-6H3,(H,28,31)(H,29,32);7-10,23H,11-20H2,1-6H3,(H,28,30);7-8,17-18,23H,9-16H2,1-6H3;3*1H/t23-,24?;2*23-;;;/m100.../s1. The van der Waals surface area contributed by atoms with Gasteiger partial charge in [0.25, 0.3) is 0 Å². The molecule has 4 amide bonds. The third-order valence-electron chi connectivity index (χ3n) is 21.5. The van der Waals surface area contributed by atoms with Crippen LogP contribution >= 0.6 is 0 Å². The molecule has 3 heterocycles. The smallest absolute Gasteiger partial charge is 0.243 e. The summed E-state index contributed by atoms with van der Waals surface area (Å²) in [7, 11) is 0. The van der Waals surface area contributed by atoms with E-state index in [9.17, 15) is 23.6 Å². The lowest BCUT2D eigenvalue weighted by Gasteiger charge is -2.49. The van der Waals surface area contributed by atoms with Crippen molar-refractivity contribution in [3.8, 4) is 0 Å². The average Bonchev–Trinajstić information content (AvgIpc) is 0.764. The number of carbonyl (C=O) groups is 4. The first-order chi connectivity index (χ1) is 43.0. The highest BCUT2D eigenvalue weighted by Gasteiger charge is 2.47. The molecule has 3 N–H and O–H groups in total. The molecule has 4 atom stereocenters. The molecular formula is C79H132FN7O5. The van der Waals surface area contributed by atoms with Crippen LogP contribution in [0.2, 0.25) is 0 Å². The number of piperidine rings is 3. The average molecular weight is 1280 g/mol. The Morgan fingerprint density at radius 1 is 0.565 bits per heavy atom. The summed E-state index contributed by atoms with van der Waals surface area (Å²) < 4.78 is 20.0. The fourth-order valence-electron chi connectivity index (χ4n) is 15.9. The van der Waals surface area contributed by atoms with Crippen LogP contribution in [0.3, 0.4) is 0 Å². The van der Waals surface area contributed by atoms with Crippen molar-refractivity contribution in [1.29, 1.82) is 0 Å². The molecule has 9 rings (SSSR count). The second-order valence-corrected chi connectivity index (χ2v) is 34.2. The van der Waals surface area contributed by atoms with E-state index in [0.29, 0.717) is 29.3 Å². The summed E-state index contributed by atoms with van der Waals surface area (Å²) >= 11 is 0. The zero-order valence-electron chi connectivity index (χ0n) is 60.9. The van der Waals surface area contributed by atoms with Crippen molar-refractivity contribution in [2.45, 2.75) is 279 Å². The number of halogens is 1. The Kier molecular flexibility index (Phi) is 25.5. The molecule has 13 heteroatoms. The van der Waals surface area contributed by atoms with Crippen LogP contribution in [0, 0.1) is 28.0 Å². The minimum absolute atomic E-state index is 0. The Labute approximate surface area is 562 Å². The predicted octanol–water partition coefficient (Wildman–Crippen LogP) is 16.6. The van der Waals surface area contributed by atoms with E-state index in [1.807, 2.05) is 45.6 Å². The van der Waals surface area contributed by atoms with Gasteiger partial charge in [-0.1, -0.05) is 131 Å². The molecule has 0 saturated carbocycles. The summed E-state index contributed by atoms with van der Waals surface area (Å²) in [6.45, 7) is 49.0. The van der Waals surface area contributed by atoms with E-state index in [2.05, 4.69) is 155 Å². The van der Waals surface area contributed by atoms with Gasteiger partial charge in [-0.15, -0.1) is 0 Å². The fourth-order valence-corrected chi connectivity index (χ4v) is 15.9. The number of hydrogen-bond donors (Lipinski definition) is 3. The lowest BCUT2D eigenvalue weighted by Crippen LogP contribution is -2.51. The van der Waals surface area contributed by atoms with Gasteiger partial charge in [-0.3, -0.25) is 19.2 Å². The molecule has 3 aromatic carbocycles. The van der Waals surface area contributed by atoms with Gasteiger partial charge in [0.05, 0.1) is 36.8 Å². The van der Waals surface area contributed by atoms with Gasteiger partial charge >= 0.3 is 0 Å². The summed E-state index contributed by atoms with van der Waals surface area (Å²) in [4.78, 5) is 59.4. The number of nitrogens with one attached hydrogen (secondary N) is 3. The number of hydrogen-bond acceptors (Lipinski definition) is 8. The van der Waals surface area contributed by atoms with Crippen LogP contribution in [0.4, 0.5) is 4.39 Å². The first kappa shape index (κ1) is 74.7. The van der Waals surface area contributed by atoms with Crippen molar-refractivity contribution in [1.82, 2.24) is 35.6 Å². The van der Waals surface area contributed by atoms with E-state index in [1.54, 1.807) is 19.1 Å². The van der Waals surface area contributed by atoms with E-state index >= 15 is 0 Å². The Morgan fingerprint density at radius 3 is 1.37 bits per heavy atom. The maximum Gasteiger partial charge on any atom is 0.243 e. The zero-order valence-corrected chi connectivity index (χ0v) is 60.9. The molecule has 92 heavy (non-hydrogen) atoms. The predicted molar refractivity (Wildman–Crippen MR) is 383 cm³/mol. The van der Waals surface area contributed by atoms with Gasteiger partial charge in [-0.2, -0.15) is 0 Å². The van der Waals surface area contributed by atoms with Gasteiger partial charge in [-0.25, -0.2) is 4.39 Å². The van der Waals surface area contributed by atoms with Crippen molar-refractivity contribution >= 4 is 23.6 Å². The highest BCUT2D eigenvalue weighted by molar-refractivity contribution is 5.87. The van der Waals surface area contributed by atoms with Crippen LogP contribution in [-0.2, 0) is 40.2 Å². The number of carbonyl (C=O) groups excluding carboxylic acids is 4. The Bertz CT molecular complexity index is 2910. The molecule has 3 spiro atoms. The number of rotatable bonds is 16. The summed E-state index contributed by atoms with van der Waals surface area (Å²) in [5.41, 5.74) is 9.34. The van der Waals surface area contributed by atoms with E-state index in [1.165, 1.54) is 112 Å². The quantitative estimate of drug-likeness (QED) is 0.129. The third-order valence-corrected chi connectivity index (χ3v) is 21.5. The van der Waals surface area contributed by atoms with E-state index in [0.717, 1.165) is 83.2 Å². The monoisotopic (exact) mass is 1280 g/mol. The van der Waals surface area contributed by atoms with Crippen molar-refractivity contribution in [2.75, 3.05) is 65.5 Å². The molecule has 0 aromatic heterocycles. The summed E-state index contributed by atoms with van der Waals surface area (Å²) in [5.74, 6) is -0.160. The largest absolute Gasteiger partial charge is 0.375 e. The first-order valence-corrected chi connectivity index (χ1v) is 36.0. The van der Waals surface area contributed by atoms with Crippen molar-refractivity contribution in [2.24, 2.45) is 22.2 Å². The van der Waals surface area contributed by atoms with E-state index in [4.69, 9.17) is 4.74 Å². The van der Waals surface area contributed by atoms with E-state index in [-0.39, 0.29) is 85.7 Å². The van der Waals surface area contributed by atoms with Crippen LogP contribution in [0.5, 0.6) is 0 Å². The highest BCUT2D eigenvalue weighted by Crippen LogP contribution is 2.52. The molecule has 3 aromatic rings. The van der Waals surface area contributed by atoms with Gasteiger partial charge in [-0.05, 0) is 274 Å². The van der Waals surface area contributed by atoms with Gasteiger partial charge in [0.15, 0.2) is 0 Å². The third kappa shape index (κ3) is 20.7. The van der Waals surface area contributed by atoms with Crippen molar-refractivity contribution in [3.63, 3.8) is 0 Å². The molecule has 3 fully saturated rings. The summed E-state index contributed by atoms with van der Waals surface area (Å²) in [5, 5.41) is 9.39. The second kappa shape index (κ2) is 31.5. The topological polar surface area (TPSA) is 127 Å². The number of amides is 4. The maximum absolute atomic E-state index is 14.3. The Hall–Kier alpha value is -4.69. The molecule has 3 aliphatic carbocycles. The van der Waals surface area contributed by atoms with Crippen LogP contribution in [0.15, 0.2) is 66.7 Å². The summed E-state index contributed by atoms with van der Waals surface area (Å²) in [6, 6.07) is 22.7. The number of likely N-dealkylation sites (tertiary alicyclic amines) is 3. The van der Waals surface area contributed by atoms with Gasteiger partial charge in [0, 0.05) is 24.2 Å². The minimum Gasteiger partial charge on any atom is -0.375 e. The minimum atomic E-state index is -0.499. The van der Waals surface area contributed by atoms with Crippen molar-refractivity contribution < 1.29 is 32.6 Å². The molecule has 0 bridgehead atoms. The van der Waals surface area contributed by atoms with Gasteiger partial charge in [0.2, 0.25) is 23.6 Å². The molecule has 3 aliphatic heterocycles. The Morgan fingerprint density at radius 2 is 0.978 bits per heavy atom. The van der Waals surface area contributed by atoms with Crippen LogP contribution in [-0.4, -0.2) is 126 Å². The first-order valence-electron chi connectivity index (χ1n) is 36.0. The number of ether oxygens (including phenoxy) is 1. The SMILES string of the molecule is CC(=O)N(C(C)C)[C@H]1CCC2(CCN(CCC(C)(C)C)CC2)c2cc(F)ccc21.CC(=O)NC(C(=O)N[C@@H]1CCC2(CCN(CCC(C)(C)C)CC2)c2ccccc21)C(C)C.CC(C)(C)CCN1CCC2(CC[C@H](NC(=O)CCOC(C)(C)C)c3ccccc32)CC1.[HH].[HH].[HH]. The summed E-state index contributed by atoms with van der Waals surface area (Å²) in [6.07, 6.45) is 17.4. The molecule has 12 nitrogen and oxygen atoms in total. The second-order valence-electron chi connectivity index (χ2n) is 34.2. The van der Waals surface area contributed by atoms with Gasteiger partial charge < -0.3 is 40.3 Å². The molecule has 6 aliphatic rings. The number of nitrogens with zero attached hydrogens (tertiary/aromatic N) is 4. The van der Waals surface area contributed by atoms with Crippen LogP contribution in [0.1, 0.15) is 283 Å². The molecule has 520 valence electrons. The van der Waals surface area contributed by atoms with Crippen LogP contribution in [0.25, 0.3) is 0 Å². The number of fused-ring (bicyclic) bond motifs is 6. The lowest BCUT2D eigenvalue weighted by molar-refractivity contribution is -0.134. The van der Waals surface area contributed by atoms with Gasteiger partial charge in [0.1, 0.15) is 11.9 Å². The molecule has 3 saturated heterocycles. The number of benzene rings is 3. The maximum atomic E-state index is 14.3. The van der Waals surface area contributed by atoms with Crippen molar-refractivity contribution in [3.05, 3.63) is 106 Å². The lowest BCUT2D eigenvalue weighted by atomic mass is 9.63. The van der Waals surface area contributed by atoms with E-state index < -0.39 is 6.04 Å².